The SMILES string of the molecule is CSCCCCCCOc1ccc(CN2CCN(C)CC2)cc1. The fraction of sp³-hybridized carbons (Fsp3) is 0.684. The van der Waals surface area contributed by atoms with Gasteiger partial charge in [-0.05, 0) is 49.6 Å². The Labute approximate surface area is 146 Å². The molecule has 0 bridgehead atoms. The fourth-order valence-corrected chi connectivity index (χ4v) is 3.34. The number of unbranched alkanes of at least 4 members (excludes halogenated alkanes) is 3. The van der Waals surface area contributed by atoms with Gasteiger partial charge in [-0.2, -0.15) is 11.8 Å². The molecule has 3 nitrogen and oxygen atoms in total. The summed E-state index contributed by atoms with van der Waals surface area (Å²) in [6, 6.07) is 8.68. The third-order valence-electron chi connectivity index (χ3n) is 4.44. The van der Waals surface area contributed by atoms with E-state index in [1.165, 1.54) is 56.8 Å². The smallest absolute Gasteiger partial charge is 0.119 e. The van der Waals surface area contributed by atoms with Gasteiger partial charge in [0, 0.05) is 32.7 Å². The molecule has 0 atom stereocenters. The number of rotatable bonds is 10. The maximum Gasteiger partial charge on any atom is 0.119 e. The topological polar surface area (TPSA) is 15.7 Å². The lowest BCUT2D eigenvalue weighted by Crippen LogP contribution is -2.43. The molecule has 0 N–H and O–H groups in total. The van der Waals surface area contributed by atoms with E-state index in [1.54, 1.807) is 0 Å². The second-order valence-corrected chi connectivity index (χ2v) is 7.46. The summed E-state index contributed by atoms with van der Waals surface area (Å²) in [4.78, 5) is 4.93. The molecular formula is C19H32N2OS. The minimum Gasteiger partial charge on any atom is -0.494 e. The van der Waals surface area contributed by atoms with Crippen molar-refractivity contribution in [2.24, 2.45) is 0 Å². The summed E-state index contributed by atoms with van der Waals surface area (Å²) >= 11 is 1.94. The molecule has 0 amide bonds. The van der Waals surface area contributed by atoms with Crippen molar-refractivity contribution in [3.63, 3.8) is 0 Å². The van der Waals surface area contributed by atoms with Crippen LogP contribution in [-0.4, -0.2) is 61.6 Å². The molecule has 0 unspecified atom stereocenters. The van der Waals surface area contributed by atoms with E-state index in [0.29, 0.717) is 0 Å². The van der Waals surface area contributed by atoms with Gasteiger partial charge in [0.05, 0.1) is 6.61 Å². The van der Waals surface area contributed by atoms with Gasteiger partial charge in [0.15, 0.2) is 0 Å². The Morgan fingerprint density at radius 1 is 0.957 bits per heavy atom. The van der Waals surface area contributed by atoms with E-state index in [0.717, 1.165) is 25.3 Å². The van der Waals surface area contributed by atoms with Crippen LogP contribution in [0.5, 0.6) is 5.75 Å². The summed E-state index contributed by atoms with van der Waals surface area (Å²) in [5, 5.41) is 0. The molecule has 1 heterocycles. The third kappa shape index (κ3) is 7.60. The lowest BCUT2D eigenvalue weighted by molar-refractivity contribution is 0.148. The first-order chi connectivity index (χ1) is 11.3. The van der Waals surface area contributed by atoms with E-state index >= 15 is 0 Å². The Morgan fingerprint density at radius 2 is 1.65 bits per heavy atom. The van der Waals surface area contributed by atoms with E-state index < -0.39 is 0 Å². The molecule has 0 saturated carbocycles. The maximum absolute atomic E-state index is 5.85. The van der Waals surface area contributed by atoms with Crippen LogP contribution in [0.1, 0.15) is 31.2 Å². The second kappa shape index (κ2) is 11.0. The van der Waals surface area contributed by atoms with E-state index in [9.17, 15) is 0 Å². The van der Waals surface area contributed by atoms with Gasteiger partial charge in [-0.25, -0.2) is 0 Å². The van der Waals surface area contributed by atoms with Gasteiger partial charge >= 0.3 is 0 Å². The molecule has 1 fully saturated rings. The zero-order chi connectivity index (χ0) is 16.3. The number of ether oxygens (including phenoxy) is 1. The van der Waals surface area contributed by atoms with Crippen molar-refractivity contribution in [3.8, 4) is 5.75 Å². The van der Waals surface area contributed by atoms with Crippen LogP contribution in [0.15, 0.2) is 24.3 Å². The van der Waals surface area contributed by atoms with Crippen molar-refractivity contribution in [2.75, 3.05) is 51.8 Å². The van der Waals surface area contributed by atoms with Crippen LogP contribution >= 0.6 is 11.8 Å². The van der Waals surface area contributed by atoms with Crippen LogP contribution in [0.2, 0.25) is 0 Å². The highest BCUT2D eigenvalue weighted by atomic mass is 32.2. The zero-order valence-corrected chi connectivity index (χ0v) is 15.6. The van der Waals surface area contributed by atoms with Gasteiger partial charge < -0.3 is 9.64 Å². The van der Waals surface area contributed by atoms with Gasteiger partial charge in [0.25, 0.3) is 0 Å². The molecule has 1 aromatic rings. The summed E-state index contributed by atoms with van der Waals surface area (Å²) in [6.45, 7) is 6.60. The molecular weight excluding hydrogens is 304 g/mol. The van der Waals surface area contributed by atoms with Crippen LogP contribution in [0.4, 0.5) is 0 Å². The van der Waals surface area contributed by atoms with Gasteiger partial charge in [-0.1, -0.05) is 25.0 Å². The van der Waals surface area contributed by atoms with E-state index in [-0.39, 0.29) is 0 Å². The quantitative estimate of drug-likeness (QED) is 0.605. The molecule has 1 aliphatic rings. The number of thioether (sulfide) groups is 1. The normalized spacial score (nSPS) is 16.6. The highest BCUT2D eigenvalue weighted by molar-refractivity contribution is 7.98. The highest BCUT2D eigenvalue weighted by Gasteiger charge is 2.13. The average molecular weight is 337 g/mol. The van der Waals surface area contributed by atoms with Gasteiger partial charge in [-0.15, -0.1) is 0 Å². The average Bonchev–Trinajstić information content (AvgIpc) is 2.58. The number of hydrogen-bond acceptors (Lipinski definition) is 4. The molecule has 1 saturated heterocycles. The van der Waals surface area contributed by atoms with E-state index in [2.05, 4.69) is 47.4 Å². The van der Waals surface area contributed by atoms with Gasteiger partial charge in [-0.3, -0.25) is 4.90 Å². The first kappa shape index (κ1) is 18.6. The van der Waals surface area contributed by atoms with Crippen LogP contribution in [0.3, 0.4) is 0 Å². The van der Waals surface area contributed by atoms with Gasteiger partial charge in [0.1, 0.15) is 5.75 Å². The Hall–Kier alpha value is -0.710. The van der Waals surface area contributed by atoms with Crippen molar-refractivity contribution in [2.45, 2.75) is 32.2 Å². The molecule has 0 aliphatic carbocycles. The van der Waals surface area contributed by atoms with Crippen LogP contribution in [-0.2, 0) is 6.54 Å². The molecule has 0 aromatic heterocycles. The van der Waals surface area contributed by atoms with Crippen LogP contribution in [0.25, 0.3) is 0 Å². The van der Waals surface area contributed by atoms with Crippen molar-refractivity contribution in [1.29, 1.82) is 0 Å². The number of benzene rings is 1. The molecule has 0 spiro atoms. The first-order valence-electron chi connectivity index (χ1n) is 8.89. The summed E-state index contributed by atoms with van der Waals surface area (Å²) in [7, 11) is 2.20. The molecule has 1 aliphatic heterocycles. The van der Waals surface area contributed by atoms with Crippen LogP contribution in [0, 0.1) is 0 Å². The number of nitrogens with zero attached hydrogens (tertiary/aromatic N) is 2. The standard InChI is InChI=1S/C19H32N2OS/c1-20-11-13-21(14-12-20)17-18-7-9-19(10-8-18)22-15-5-3-4-6-16-23-2/h7-10H,3-6,11-17H2,1-2H3. The summed E-state index contributed by atoms with van der Waals surface area (Å²) in [5.74, 6) is 2.30. The lowest BCUT2D eigenvalue weighted by Gasteiger charge is -2.32. The summed E-state index contributed by atoms with van der Waals surface area (Å²) in [6.07, 6.45) is 7.28. The minimum absolute atomic E-state index is 0.844. The van der Waals surface area contributed by atoms with Crippen molar-refractivity contribution >= 4 is 11.8 Å². The highest BCUT2D eigenvalue weighted by Crippen LogP contribution is 2.15. The Bertz CT molecular complexity index is 416. The summed E-state index contributed by atoms with van der Waals surface area (Å²) < 4.78 is 5.85. The largest absolute Gasteiger partial charge is 0.494 e. The Balaban J connectivity index is 1.60. The zero-order valence-electron chi connectivity index (χ0n) is 14.8. The molecule has 23 heavy (non-hydrogen) atoms. The summed E-state index contributed by atoms with van der Waals surface area (Å²) in [5.41, 5.74) is 1.39. The number of piperazine rings is 1. The molecule has 4 heteroatoms. The maximum atomic E-state index is 5.85. The van der Waals surface area contributed by atoms with Crippen molar-refractivity contribution in [1.82, 2.24) is 9.80 Å². The molecule has 2 rings (SSSR count). The first-order valence-corrected chi connectivity index (χ1v) is 10.3. The number of hydrogen-bond donors (Lipinski definition) is 0. The van der Waals surface area contributed by atoms with E-state index in [1.807, 2.05) is 11.8 Å². The van der Waals surface area contributed by atoms with Gasteiger partial charge in [0.2, 0.25) is 0 Å². The van der Waals surface area contributed by atoms with Crippen molar-refractivity contribution < 1.29 is 4.74 Å². The second-order valence-electron chi connectivity index (χ2n) is 6.48. The predicted octanol–water partition coefficient (Wildman–Crippen LogP) is 3.74. The minimum atomic E-state index is 0.844. The van der Waals surface area contributed by atoms with Crippen LogP contribution < -0.4 is 4.74 Å². The monoisotopic (exact) mass is 336 g/mol. The molecule has 0 radical (unpaired) electrons. The lowest BCUT2D eigenvalue weighted by atomic mass is 10.2. The number of likely N-dealkylation sites (N-methyl/N-ethyl adjacent to an activating group) is 1. The predicted molar refractivity (Wildman–Crippen MR) is 102 cm³/mol. The van der Waals surface area contributed by atoms with E-state index in [4.69, 9.17) is 4.74 Å². The van der Waals surface area contributed by atoms with Crippen molar-refractivity contribution in [3.05, 3.63) is 29.8 Å². The fourth-order valence-electron chi connectivity index (χ4n) is 2.85. The Morgan fingerprint density at radius 3 is 2.35 bits per heavy atom. The molecule has 130 valence electrons. The third-order valence-corrected chi connectivity index (χ3v) is 5.13. The molecule has 1 aromatic carbocycles. The Kier molecular flexibility index (Phi) is 8.87.